The molecule has 0 aliphatic heterocycles. The fourth-order valence-corrected chi connectivity index (χ4v) is 5.85. The van der Waals surface area contributed by atoms with Gasteiger partial charge in [-0.1, -0.05) is 140 Å². The molecule has 0 amide bonds. The lowest BCUT2D eigenvalue weighted by atomic mass is 10.0. The summed E-state index contributed by atoms with van der Waals surface area (Å²) in [5.74, 6) is -1.77. The Hall–Kier alpha value is -2.45. The van der Waals surface area contributed by atoms with E-state index in [1.54, 1.807) is 21.1 Å². The molecule has 0 aromatic carbocycles. The van der Waals surface area contributed by atoms with Crippen molar-refractivity contribution in [1.29, 1.82) is 0 Å². The maximum absolute atomic E-state index is 12.6. The molecule has 51 heavy (non-hydrogen) atoms. The van der Waals surface area contributed by atoms with Crippen LogP contribution in [-0.2, 0) is 28.6 Å². The first-order chi connectivity index (χ1) is 24.6. The van der Waals surface area contributed by atoms with Crippen LogP contribution in [-0.4, -0.2) is 75.5 Å². The molecular formula is C43H77NO7. The number of aliphatic carboxylic acids is 1. The number of nitrogens with zero attached hydrogens (tertiary/aromatic N) is 1. The summed E-state index contributed by atoms with van der Waals surface area (Å²) < 4.78 is 17.1. The van der Waals surface area contributed by atoms with Gasteiger partial charge in [-0.15, -0.1) is 0 Å². The number of ether oxygens (including phenoxy) is 3. The average molecular weight is 720 g/mol. The van der Waals surface area contributed by atoms with E-state index in [1.807, 2.05) is 0 Å². The number of quaternary nitrogens is 1. The average Bonchev–Trinajstić information content (AvgIpc) is 3.08. The van der Waals surface area contributed by atoms with Gasteiger partial charge in [-0.05, 0) is 44.9 Å². The maximum atomic E-state index is 12.6. The third-order valence-electron chi connectivity index (χ3n) is 9.04. The van der Waals surface area contributed by atoms with E-state index in [2.05, 4.69) is 50.3 Å². The molecule has 0 radical (unpaired) electrons. The monoisotopic (exact) mass is 720 g/mol. The summed E-state index contributed by atoms with van der Waals surface area (Å²) >= 11 is 0. The highest BCUT2D eigenvalue weighted by atomic mass is 16.6. The summed E-state index contributed by atoms with van der Waals surface area (Å²) in [5, 5.41) is 11.6. The van der Waals surface area contributed by atoms with Crippen molar-refractivity contribution < 1.29 is 38.2 Å². The van der Waals surface area contributed by atoms with Crippen LogP contribution >= 0.6 is 0 Å². The van der Waals surface area contributed by atoms with Crippen molar-refractivity contribution in [2.45, 2.75) is 180 Å². The van der Waals surface area contributed by atoms with Crippen LogP contribution in [0.5, 0.6) is 0 Å². The zero-order valence-corrected chi connectivity index (χ0v) is 33.5. The third kappa shape index (κ3) is 33.2. The molecule has 0 saturated heterocycles. The number of hydrogen-bond donors (Lipinski definition) is 0. The molecule has 0 N–H and O–H groups in total. The van der Waals surface area contributed by atoms with Crippen molar-refractivity contribution >= 4 is 17.9 Å². The van der Waals surface area contributed by atoms with Crippen molar-refractivity contribution in [3.63, 3.8) is 0 Å². The first kappa shape index (κ1) is 48.5. The van der Waals surface area contributed by atoms with Gasteiger partial charge in [0.05, 0.1) is 40.3 Å². The summed E-state index contributed by atoms with van der Waals surface area (Å²) in [5.41, 5.74) is 0. The topological polar surface area (TPSA) is 102 Å². The second-order valence-electron chi connectivity index (χ2n) is 14.8. The Morgan fingerprint density at radius 2 is 1.10 bits per heavy atom. The maximum Gasteiger partial charge on any atom is 0.306 e. The molecule has 296 valence electrons. The number of allylic oxidation sites excluding steroid dienone is 6. The van der Waals surface area contributed by atoms with Gasteiger partial charge in [-0.2, -0.15) is 0 Å². The van der Waals surface area contributed by atoms with Gasteiger partial charge in [0, 0.05) is 19.3 Å². The van der Waals surface area contributed by atoms with Gasteiger partial charge < -0.3 is 28.6 Å². The minimum Gasteiger partial charge on any atom is -0.544 e. The zero-order chi connectivity index (χ0) is 37.8. The van der Waals surface area contributed by atoms with Gasteiger partial charge in [0.2, 0.25) is 0 Å². The number of carboxylic acid groups (broad SMARTS) is 1. The smallest absolute Gasteiger partial charge is 0.306 e. The number of esters is 2. The highest BCUT2D eigenvalue weighted by Crippen LogP contribution is 2.14. The van der Waals surface area contributed by atoms with Crippen LogP contribution in [0.1, 0.15) is 168 Å². The number of carbonyl (C=O) groups excluding carboxylic acids is 3. The van der Waals surface area contributed by atoms with E-state index in [4.69, 9.17) is 14.2 Å². The highest BCUT2D eigenvalue weighted by Gasteiger charge is 2.25. The van der Waals surface area contributed by atoms with Gasteiger partial charge in [-0.25, -0.2) is 0 Å². The van der Waals surface area contributed by atoms with E-state index in [-0.39, 0.29) is 49.1 Å². The molecule has 0 aromatic heterocycles. The summed E-state index contributed by atoms with van der Waals surface area (Å²) in [6.45, 7) is 4.51. The summed E-state index contributed by atoms with van der Waals surface area (Å²) in [6, 6.07) is -0.729. The summed E-state index contributed by atoms with van der Waals surface area (Å²) in [6.07, 6.45) is 37.4. The van der Waals surface area contributed by atoms with Crippen LogP contribution in [0.4, 0.5) is 0 Å². The Kier molecular flexibility index (Phi) is 33.0. The number of carbonyl (C=O) groups is 3. The molecule has 0 heterocycles. The van der Waals surface area contributed by atoms with Crippen LogP contribution < -0.4 is 5.11 Å². The molecule has 8 nitrogen and oxygen atoms in total. The van der Waals surface area contributed by atoms with Gasteiger partial charge >= 0.3 is 11.9 Å². The van der Waals surface area contributed by atoms with E-state index < -0.39 is 18.1 Å². The normalized spacial score (nSPS) is 13.4. The Bertz CT molecular complexity index is 937. The lowest BCUT2D eigenvalue weighted by molar-refractivity contribution is -0.889. The van der Waals surface area contributed by atoms with E-state index >= 15 is 0 Å². The van der Waals surface area contributed by atoms with Gasteiger partial charge in [-0.3, -0.25) is 9.59 Å². The molecular weight excluding hydrogens is 642 g/mol. The first-order valence-corrected chi connectivity index (χ1v) is 20.5. The molecule has 0 aromatic rings. The van der Waals surface area contributed by atoms with E-state index in [0.29, 0.717) is 6.42 Å². The molecule has 0 spiro atoms. The van der Waals surface area contributed by atoms with E-state index in [1.165, 1.54) is 70.6 Å². The van der Waals surface area contributed by atoms with Crippen LogP contribution in [0.2, 0.25) is 0 Å². The number of hydrogen-bond acceptors (Lipinski definition) is 7. The number of unbranched alkanes of at least 4 members (excludes halogenated alkanes) is 16. The van der Waals surface area contributed by atoms with Crippen LogP contribution in [0.3, 0.4) is 0 Å². The van der Waals surface area contributed by atoms with Crippen molar-refractivity contribution in [2.75, 3.05) is 41.0 Å². The second kappa shape index (κ2) is 34.6. The Morgan fingerprint density at radius 3 is 1.63 bits per heavy atom. The van der Waals surface area contributed by atoms with Gasteiger partial charge in [0.15, 0.2) is 6.10 Å². The minimum absolute atomic E-state index is 0.0307. The predicted molar refractivity (Wildman–Crippen MR) is 208 cm³/mol. The third-order valence-corrected chi connectivity index (χ3v) is 9.04. The quantitative estimate of drug-likeness (QED) is 0.0275. The summed E-state index contributed by atoms with van der Waals surface area (Å²) in [4.78, 5) is 36.7. The lowest BCUT2D eigenvalue weighted by Gasteiger charge is -2.34. The predicted octanol–water partition coefficient (Wildman–Crippen LogP) is 9.35. The molecule has 0 aliphatic rings. The summed E-state index contributed by atoms with van der Waals surface area (Å²) in [7, 11) is 5.39. The van der Waals surface area contributed by atoms with Crippen LogP contribution in [0.25, 0.3) is 0 Å². The SMILES string of the molecule is CC/C=C\C/C=C\C/C=C\CCCCCC(=O)OC(COCCC(C(=O)[O-])[N+](C)(C)C)COC(=O)CCCCCCCCCCCCCCCC. The van der Waals surface area contributed by atoms with Gasteiger partial charge in [0.25, 0.3) is 0 Å². The Balaban J connectivity index is 4.42. The minimum atomic E-state index is -1.13. The van der Waals surface area contributed by atoms with E-state index in [0.717, 1.165) is 64.2 Å². The number of carboxylic acids is 1. The molecule has 0 saturated carbocycles. The molecule has 0 rings (SSSR count). The number of likely N-dealkylation sites (N-methyl/N-ethyl adjacent to an activating group) is 1. The van der Waals surface area contributed by atoms with Crippen molar-refractivity contribution in [1.82, 2.24) is 0 Å². The largest absolute Gasteiger partial charge is 0.544 e. The van der Waals surface area contributed by atoms with Crippen LogP contribution in [0, 0.1) is 0 Å². The van der Waals surface area contributed by atoms with Crippen LogP contribution in [0.15, 0.2) is 36.5 Å². The van der Waals surface area contributed by atoms with Crippen molar-refractivity contribution in [3.8, 4) is 0 Å². The molecule has 0 fully saturated rings. The van der Waals surface area contributed by atoms with Crippen molar-refractivity contribution in [3.05, 3.63) is 36.5 Å². The number of rotatable bonds is 36. The molecule has 8 heteroatoms. The fraction of sp³-hybridized carbons (Fsp3) is 0.791. The molecule has 2 unspecified atom stereocenters. The lowest BCUT2D eigenvalue weighted by Crippen LogP contribution is -2.55. The zero-order valence-electron chi connectivity index (χ0n) is 33.5. The Labute approximate surface area is 313 Å². The Morgan fingerprint density at radius 1 is 0.608 bits per heavy atom. The first-order valence-electron chi connectivity index (χ1n) is 20.5. The second-order valence-corrected chi connectivity index (χ2v) is 14.8. The molecule has 0 aliphatic carbocycles. The highest BCUT2D eigenvalue weighted by molar-refractivity contribution is 5.70. The molecule has 0 bridgehead atoms. The standard InChI is InChI=1S/C43H77NO7/c1-6-8-10-12-14-16-18-20-22-23-25-27-29-31-33-41(45)50-38-39(37-49-36-35-40(43(47)48)44(3,4)5)51-42(46)34-32-30-28-26-24-21-19-17-15-13-11-9-7-2/h9,11,15,17,21,24,39-40H,6-8,10,12-14,16,18-20,22-23,25-38H2,1-5H3/b11-9-,17-15-,24-21-. The van der Waals surface area contributed by atoms with Crippen molar-refractivity contribution in [2.24, 2.45) is 0 Å². The van der Waals surface area contributed by atoms with Gasteiger partial charge in [0.1, 0.15) is 12.6 Å². The fourth-order valence-electron chi connectivity index (χ4n) is 5.85. The molecule has 2 atom stereocenters. The van der Waals surface area contributed by atoms with E-state index in [9.17, 15) is 19.5 Å².